The standard InChI is InChI=1S/C16H21F3O4S/c1-4-6-22-14(20)11-9-24-13(10(11)3)8-12(16(17,18)19)15(21)23-7-5-2/h9,12H,4-8H2,1-3H3. The van der Waals surface area contributed by atoms with Crippen molar-refractivity contribution in [2.45, 2.75) is 46.2 Å². The second kappa shape index (κ2) is 9.05. The van der Waals surface area contributed by atoms with Gasteiger partial charge in [0.25, 0.3) is 0 Å². The van der Waals surface area contributed by atoms with Crippen molar-refractivity contribution in [1.29, 1.82) is 0 Å². The fourth-order valence-corrected chi connectivity index (χ4v) is 3.04. The number of esters is 2. The van der Waals surface area contributed by atoms with E-state index in [1.54, 1.807) is 13.8 Å². The van der Waals surface area contributed by atoms with E-state index < -0.39 is 30.5 Å². The molecule has 1 aromatic rings. The van der Waals surface area contributed by atoms with Crippen molar-refractivity contribution in [2.24, 2.45) is 5.92 Å². The van der Waals surface area contributed by atoms with Crippen molar-refractivity contribution >= 4 is 23.3 Å². The number of thiophene rings is 1. The van der Waals surface area contributed by atoms with Gasteiger partial charge in [0.15, 0.2) is 5.92 Å². The molecule has 0 aromatic carbocycles. The predicted molar refractivity (Wildman–Crippen MR) is 84.1 cm³/mol. The average Bonchev–Trinajstić information content (AvgIpc) is 2.87. The largest absolute Gasteiger partial charge is 0.465 e. The van der Waals surface area contributed by atoms with Gasteiger partial charge in [-0.25, -0.2) is 4.79 Å². The minimum atomic E-state index is -4.70. The molecule has 24 heavy (non-hydrogen) atoms. The van der Waals surface area contributed by atoms with Crippen molar-refractivity contribution in [1.82, 2.24) is 0 Å². The Morgan fingerprint density at radius 2 is 1.75 bits per heavy atom. The van der Waals surface area contributed by atoms with Crippen LogP contribution in [-0.2, 0) is 20.7 Å². The lowest BCUT2D eigenvalue weighted by atomic mass is 10.0. The van der Waals surface area contributed by atoms with Gasteiger partial charge in [-0.3, -0.25) is 4.79 Å². The number of halogens is 3. The molecular formula is C16H21F3O4S. The predicted octanol–water partition coefficient (Wildman–Crippen LogP) is 4.30. The molecular weight excluding hydrogens is 345 g/mol. The fourth-order valence-electron chi connectivity index (χ4n) is 1.95. The maximum absolute atomic E-state index is 13.2. The maximum Gasteiger partial charge on any atom is 0.402 e. The Morgan fingerprint density at radius 3 is 2.29 bits per heavy atom. The van der Waals surface area contributed by atoms with Gasteiger partial charge in [0.2, 0.25) is 0 Å². The van der Waals surface area contributed by atoms with Crippen LogP contribution in [0.3, 0.4) is 0 Å². The lowest BCUT2D eigenvalue weighted by Crippen LogP contribution is -2.34. The number of ether oxygens (including phenoxy) is 2. The van der Waals surface area contributed by atoms with Crippen molar-refractivity contribution in [3.05, 3.63) is 21.4 Å². The molecule has 1 unspecified atom stereocenters. The topological polar surface area (TPSA) is 52.6 Å². The molecule has 0 aliphatic rings. The summed E-state index contributed by atoms with van der Waals surface area (Å²) in [6.07, 6.45) is -4.14. The van der Waals surface area contributed by atoms with Crippen molar-refractivity contribution in [3.63, 3.8) is 0 Å². The van der Waals surface area contributed by atoms with Gasteiger partial charge < -0.3 is 9.47 Å². The van der Waals surface area contributed by atoms with E-state index in [1.165, 1.54) is 5.38 Å². The highest BCUT2D eigenvalue weighted by molar-refractivity contribution is 7.10. The Labute approximate surface area is 142 Å². The fraction of sp³-hybridized carbons (Fsp3) is 0.625. The van der Waals surface area contributed by atoms with Crippen LogP contribution < -0.4 is 0 Å². The van der Waals surface area contributed by atoms with Gasteiger partial charge in [0, 0.05) is 16.7 Å². The normalized spacial score (nSPS) is 12.8. The molecule has 0 saturated heterocycles. The summed E-state index contributed by atoms with van der Waals surface area (Å²) in [6, 6.07) is 0. The van der Waals surface area contributed by atoms with Crippen LogP contribution in [0.2, 0.25) is 0 Å². The van der Waals surface area contributed by atoms with E-state index in [-0.39, 0.29) is 18.8 Å². The summed E-state index contributed by atoms with van der Waals surface area (Å²) in [5.41, 5.74) is 0.657. The number of hydrogen-bond donors (Lipinski definition) is 0. The van der Waals surface area contributed by atoms with Crippen LogP contribution in [0.4, 0.5) is 13.2 Å². The van der Waals surface area contributed by atoms with Crippen LogP contribution in [0.1, 0.15) is 47.5 Å². The van der Waals surface area contributed by atoms with Crippen LogP contribution in [0.25, 0.3) is 0 Å². The molecule has 4 nitrogen and oxygen atoms in total. The monoisotopic (exact) mass is 366 g/mol. The quantitative estimate of drug-likeness (QED) is 0.644. The molecule has 0 spiro atoms. The lowest BCUT2D eigenvalue weighted by Gasteiger charge is -2.18. The van der Waals surface area contributed by atoms with Gasteiger partial charge in [-0.05, 0) is 25.3 Å². The molecule has 136 valence electrons. The molecule has 0 aliphatic heterocycles. The highest BCUT2D eigenvalue weighted by Crippen LogP contribution is 2.34. The molecule has 0 bridgehead atoms. The Morgan fingerprint density at radius 1 is 1.17 bits per heavy atom. The summed E-state index contributed by atoms with van der Waals surface area (Å²) in [5, 5.41) is 1.47. The molecule has 0 amide bonds. The average molecular weight is 366 g/mol. The second-order valence-corrected chi connectivity index (χ2v) is 6.26. The first kappa shape index (κ1) is 20.5. The van der Waals surface area contributed by atoms with Crippen molar-refractivity contribution in [3.8, 4) is 0 Å². The Bertz CT molecular complexity index is 566. The van der Waals surface area contributed by atoms with Gasteiger partial charge in [0.1, 0.15) is 0 Å². The summed E-state index contributed by atoms with van der Waals surface area (Å²) in [5.74, 6) is -4.08. The van der Waals surface area contributed by atoms with Crippen LogP contribution in [0, 0.1) is 12.8 Å². The number of rotatable bonds is 8. The summed E-state index contributed by atoms with van der Waals surface area (Å²) in [7, 11) is 0. The second-order valence-electron chi connectivity index (χ2n) is 5.30. The molecule has 0 fully saturated rings. The SMILES string of the molecule is CCCOC(=O)c1csc(CC(C(=O)OCCC)C(F)(F)F)c1C. The molecule has 1 aromatic heterocycles. The van der Waals surface area contributed by atoms with E-state index in [0.717, 1.165) is 11.3 Å². The zero-order valence-corrected chi connectivity index (χ0v) is 14.7. The van der Waals surface area contributed by atoms with E-state index in [2.05, 4.69) is 4.74 Å². The minimum absolute atomic E-state index is 0.0522. The van der Waals surface area contributed by atoms with Gasteiger partial charge in [0.05, 0.1) is 18.8 Å². The van der Waals surface area contributed by atoms with Crippen molar-refractivity contribution < 1.29 is 32.2 Å². The number of alkyl halides is 3. The van der Waals surface area contributed by atoms with Gasteiger partial charge >= 0.3 is 18.1 Å². The van der Waals surface area contributed by atoms with Gasteiger partial charge in [-0.1, -0.05) is 13.8 Å². The Balaban J connectivity index is 2.93. The van der Waals surface area contributed by atoms with Crippen LogP contribution in [-0.4, -0.2) is 31.3 Å². The molecule has 0 saturated carbocycles. The molecule has 0 N–H and O–H groups in total. The van der Waals surface area contributed by atoms with Crippen LogP contribution in [0.15, 0.2) is 5.38 Å². The highest BCUT2D eigenvalue weighted by atomic mass is 32.1. The van der Waals surface area contributed by atoms with Crippen molar-refractivity contribution in [2.75, 3.05) is 13.2 Å². The number of carbonyl (C=O) groups excluding carboxylic acids is 2. The molecule has 1 rings (SSSR count). The summed E-state index contributed by atoms with van der Waals surface area (Å²) in [6.45, 7) is 5.29. The Hall–Kier alpha value is -1.57. The van der Waals surface area contributed by atoms with Gasteiger partial charge in [-0.2, -0.15) is 13.2 Å². The van der Waals surface area contributed by atoms with Crippen LogP contribution in [0.5, 0.6) is 0 Å². The summed E-state index contributed by atoms with van der Waals surface area (Å²) < 4.78 is 49.1. The molecule has 0 aliphatic carbocycles. The first-order valence-electron chi connectivity index (χ1n) is 7.69. The zero-order chi connectivity index (χ0) is 18.3. The summed E-state index contributed by atoms with van der Waals surface area (Å²) in [4.78, 5) is 23.9. The van der Waals surface area contributed by atoms with E-state index >= 15 is 0 Å². The third-order valence-electron chi connectivity index (χ3n) is 3.32. The minimum Gasteiger partial charge on any atom is -0.465 e. The molecule has 1 atom stereocenters. The van der Waals surface area contributed by atoms with Crippen LogP contribution >= 0.6 is 11.3 Å². The maximum atomic E-state index is 13.2. The highest BCUT2D eigenvalue weighted by Gasteiger charge is 2.46. The number of hydrogen-bond acceptors (Lipinski definition) is 5. The zero-order valence-electron chi connectivity index (χ0n) is 13.9. The third kappa shape index (κ3) is 5.51. The number of carbonyl (C=O) groups is 2. The Kier molecular flexibility index (Phi) is 7.72. The molecule has 1 heterocycles. The first-order chi connectivity index (χ1) is 11.2. The van der Waals surface area contributed by atoms with E-state index in [9.17, 15) is 22.8 Å². The van der Waals surface area contributed by atoms with E-state index in [0.29, 0.717) is 23.3 Å². The molecule has 0 radical (unpaired) electrons. The van der Waals surface area contributed by atoms with E-state index in [4.69, 9.17) is 4.74 Å². The first-order valence-corrected chi connectivity index (χ1v) is 8.57. The van der Waals surface area contributed by atoms with Gasteiger partial charge in [-0.15, -0.1) is 11.3 Å². The van der Waals surface area contributed by atoms with E-state index in [1.807, 2.05) is 6.92 Å². The lowest BCUT2D eigenvalue weighted by molar-refractivity contribution is -0.197. The molecule has 8 heteroatoms. The smallest absolute Gasteiger partial charge is 0.402 e. The third-order valence-corrected chi connectivity index (χ3v) is 4.43. The summed E-state index contributed by atoms with van der Waals surface area (Å²) >= 11 is 1.02.